The van der Waals surface area contributed by atoms with Crippen molar-refractivity contribution >= 4 is 49.7 Å². The van der Waals surface area contributed by atoms with Crippen molar-refractivity contribution in [3.63, 3.8) is 0 Å². The van der Waals surface area contributed by atoms with Crippen molar-refractivity contribution in [3.05, 3.63) is 32.4 Å². The molecular formula is C13H16BrN5S2. The number of thiophene rings is 1. The van der Waals surface area contributed by atoms with Gasteiger partial charge in [0, 0.05) is 42.6 Å². The van der Waals surface area contributed by atoms with E-state index in [1.54, 1.807) is 22.7 Å². The normalized spacial score (nSPS) is 16.5. The molecule has 0 amide bonds. The molecule has 21 heavy (non-hydrogen) atoms. The maximum atomic E-state index is 6.10. The molecule has 0 aromatic carbocycles. The van der Waals surface area contributed by atoms with Gasteiger partial charge in [-0.25, -0.2) is 9.98 Å². The zero-order chi connectivity index (χ0) is 14.7. The number of rotatable bonds is 3. The number of aromatic nitrogens is 1. The SMILES string of the molecule is NC(=NCc1ccc(Br)s1)N1CCN(c2nccs2)CC1. The van der Waals surface area contributed by atoms with E-state index in [0.717, 1.165) is 35.1 Å². The molecule has 5 nitrogen and oxygen atoms in total. The molecule has 0 bridgehead atoms. The van der Waals surface area contributed by atoms with Gasteiger partial charge in [0.25, 0.3) is 0 Å². The van der Waals surface area contributed by atoms with Crippen LogP contribution in [0.25, 0.3) is 0 Å². The first-order chi connectivity index (χ1) is 10.2. The molecule has 1 aliphatic heterocycles. The molecule has 2 aromatic heterocycles. The lowest BCUT2D eigenvalue weighted by molar-refractivity contribution is 0.380. The minimum atomic E-state index is 0.637. The first kappa shape index (κ1) is 14.8. The smallest absolute Gasteiger partial charge is 0.191 e. The fourth-order valence-electron chi connectivity index (χ4n) is 2.19. The van der Waals surface area contributed by atoms with E-state index >= 15 is 0 Å². The van der Waals surface area contributed by atoms with Crippen molar-refractivity contribution in [1.29, 1.82) is 0 Å². The standard InChI is InChI=1S/C13H16BrN5S2/c14-11-2-1-10(21-11)9-17-12(15)18-4-6-19(7-5-18)13-16-3-8-20-13/h1-3,8H,4-7,9H2,(H2,15,17). The summed E-state index contributed by atoms with van der Waals surface area (Å²) < 4.78 is 1.13. The molecule has 112 valence electrons. The number of hydrogen-bond acceptors (Lipinski definition) is 5. The molecular weight excluding hydrogens is 370 g/mol. The maximum absolute atomic E-state index is 6.10. The highest BCUT2D eigenvalue weighted by Gasteiger charge is 2.19. The molecule has 0 spiro atoms. The lowest BCUT2D eigenvalue weighted by atomic mass is 10.3. The summed E-state index contributed by atoms with van der Waals surface area (Å²) in [5.74, 6) is 0.637. The minimum absolute atomic E-state index is 0.637. The van der Waals surface area contributed by atoms with Gasteiger partial charge in [0.15, 0.2) is 11.1 Å². The number of thiazole rings is 1. The molecule has 0 unspecified atom stereocenters. The summed E-state index contributed by atoms with van der Waals surface area (Å²) in [5.41, 5.74) is 6.10. The van der Waals surface area contributed by atoms with Gasteiger partial charge < -0.3 is 15.5 Å². The van der Waals surface area contributed by atoms with E-state index < -0.39 is 0 Å². The highest BCUT2D eigenvalue weighted by atomic mass is 79.9. The number of hydrogen-bond donors (Lipinski definition) is 1. The number of guanidine groups is 1. The van der Waals surface area contributed by atoms with E-state index in [-0.39, 0.29) is 0 Å². The number of nitrogens with two attached hydrogens (primary N) is 1. The summed E-state index contributed by atoms with van der Waals surface area (Å²) in [6.07, 6.45) is 1.85. The summed E-state index contributed by atoms with van der Waals surface area (Å²) >= 11 is 6.84. The minimum Gasteiger partial charge on any atom is -0.370 e. The number of anilines is 1. The van der Waals surface area contributed by atoms with E-state index in [4.69, 9.17) is 5.73 Å². The number of nitrogens with zero attached hydrogens (tertiary/aromatic N) is 4. The summed E-state index contributed by atoms with van der Waals surface area (Å²) in [6, 6.07) is 4.12. The summed E-state index contributed by atoms with van der Waals surface area (Å²) in [6.45, 7) is 4.31. The Bertz CT molecular complexity index is 602. The molecule has 0 aliphatic carbocycles. The monoisotopic (exact) mass is 385 g/mol. The molecule has 3 heterocycles. The van der Waals surface area contributed by atoms with E-state index in [9.17, 15) is 0 Å². The Kier molecular flexibility index (Phi) is 4.77. The molecule has 0 radical (unpaired) electrons. The van der Waals surface area contributed by atoms with Gasteiger partial charge >= 0.3 is 0 Å². The van der Waals surface area contributed by atoms with Crippen molar-refractivity contribution in [2.75, 3.05) is 31.1 Å². The van der Waals surface area contributed by atoms with Crippen molar-refractivity contribution < 1.29 is 0 Å². The average molecular weight is 386 g/mol. The van der Waals surface area contributed by atoms with E-state index in [1.165, 1.54) is 4.88 Å². The van der Waals surface area contributed by atoms with Crippen LogP contribution in [0.15, 0.2) is 32.5 Å². The Morgan fingerprint density at radius 2 is 2.14 bits per heavy atom. The van der Waals surface area contributed by atoms with Crippen molar-refractivity contribution in [3.8, 4) is 0 Å². The molecule has 2 aromatic rings. The Morgan fingerprint density at radius 3 is 2.76 bits per heavy atom. The third kappa shape index (κ3) is 3.75. The average Bonchev–Trinajstić information content (AvgIpc) is 3.16. The van der Waals surface area contributed by atoms with Gasteiger partial charge in [0.2, 0.25) is 0 Å². The van der Waals surface area contributed by atoms with E-state index in [1.807, 2.05) is 17.6 Å². The predicted molar refractivity (Wildman–Crippen MR) is 93.2 cm³/mol. The summed E-state index contributed by atoms with van der Waals surface area (Å²) in [7, 11) is 0. The molecule has 0 atom stereocenters. The lowest BCUT2D eigenvalue weighted by Crippen LogP contribution is -2.51. The lowest BCUT2D eigenvalue weighted by Gasteiger charge is -2.35. The molecule has 1 fully saturated rings. The third-order valence-corrected chi connectivity index (χ3v) is 5.76. The van der Waals surface area contributed by atoms with E-state index in [2.05, 4.69) is 41.8 Å². The van der Waals surface area contributed by atoms with Gasteiger partial charge in [-0.2, -0.15) is 0 Å². The molecule has 2 N–H and O–H groups in total. The first-order valence-corrected chi connectivity index (χ1v) is 9.15. The van der Waals surface area contributed by atoms with Gasteiger partial charge in [0.1, 0.15) is 0 Å². The Balaban J connectivity index is 1.53. The summed E-state index contributed by atoms with van der Waals surface area (Å²) in [5, 5.41) is 3.10. The number of halogens is 1. The zero-order valence-electron chi connectivity index (χ0n) is 11.4. The third-order valence-electron chi connectivity index (χ3n) is 3.32. The zero-order valence-corrected chi connectivity index (χ0v) is 14.6. The molecule has 1 aliphatic rings. The van der Waals surface area contributed by atoms with Crippen LogP contribution in [0.1, 0.15) is 4.88 Å². The van der Waals surface area contributed by atoms with Crippen LogP contribution in [-0.4, -0.2) is 42.0 Å². The van der Waals surface area contributed by atoms with Crippen LogP contribution in [0.2, 0.25) is 0 Å². The van der Waals surface area contributed by atoms with Crippen molar-refractivity contribution in [1.82, 2.24) is 9.88 Å². The topological polar surface area (TPSA) is 57.8 Å². The fourth-order valence-corrected chi connectivity index (χ4v) is 4.30. The predicted octanol–water partition coefficient (Wildman–Crippen LogP) is 2.60. The van der Waals surface area contributed by atoms with Crippen LogP contribution in [0.4, 0.5) is 5.13 Å². The van der Waals surface area contributed by atoms with Gasteiger partial charge in [-0.15, -0.1) is 22.7 Å². The van der Waals surface area contributed by atoms with Crippen LogP contribution in [0.3, 0.4) is 0 Å². The van der Waals surface area contributed by atoms with Crippen LogP contribution >= 0.6 is 38.6 Å². The maximum Gasteiger partial charge on any atom is 0.191 e. The Labute approximate surface area is 140 Å². The quantitative estimate of drug-likeness (QED) is 0.651. The first-order valence-electron chi connectivity index (χ1n) is 6.66. The second-order valence-electron chi connectivity index (χ2n) is 4.67. The molecule has 0 saturated carbocycles. The molecule has 1 saturated heterocycles. The second kappa shape index (κ2) is 6.76. The fraction of sp³-hybridized carbons (Fsp3) is 0.385. The van der Waals surface area contributed by atoms with Crippen LogP contribution in [0, 0.1) is 0 Å². The molecule has 8 heteroatoms. The number of piperazine rings is 1. The van der Waals surface area contributed by atoms with E-state index in [0.29, 0.717) is 12.5 Å². The molecule has 3 rings (SSSR count). The van der Waals surface area contributed by atoms with Crippen molar-refractivity contribution in [2.24, 2.45) is 10.7 Å². The highest BCUT2D eigenvalue weighted by Crippen LogP contribution is 2.23. The summed E-state index contributed by atoms with van der Waals surface area (Å²) in [4.78, 5) is 14.5. The highest BCUT2D eigenvalue weighted by molar-refractivity contribution is 9.11. The van der Waals surface area contributed by atoms with Gasteiger partial charge in [-0.1, -0.05) is 0 Å². The number of aliphatic imine (C=N–C) groups is 1. The van der Waals surface area contributed by atoms with Crippen LogP contribution in [-0.2, 0) is 6.54 Å². The largest absolute Gasteiger partial charge is 0.370 e. The Morgan fingerprint density at radius 1 is 1.33 bits per heavy atom. The van der Waals surface area contributed by atoms with Gasteiger partial charge in [-0.05, 0) is 28.1 Å². The van der Waals surface area contributed by atoms with Gasteiger partial charge in [0.05, 0.1) is 10.3 Å². The van der Waals surface area contributed by atoms with Gasteiger partial charge in [-0.3, -0.25) is 0 Å². The van der Waals surface area contributed by atoms with Crippen molar-refractivity contribution in [2.45, 2.75) is 6.54 Å². The second-order valence-corrected chi connectivity index (χ2v) is 8.09. The van der Waals surface area contributed by atoms with Crippen LogP contribution < -0.4 is 10.6 Å². The van der Waals surface area contributed by atoms with Crippen LogP contribution in [0.5, 0.6) is 0 Å². The Hall–Kier alpha value is -1.12.